The topological polar surface area (TPSA) is 80.7 Å². The first-order chi connectivity index (χ1) is 11.2. The second-order valence-electron chi connectivity index (χ2n) is 5.59. The number of hydrogen-bond donors (Lipinski definition) is 2. The third kappa shape index (κ3) is 4.32. The highest BCUT2D eigenvalue weighted by molar-refractivity contribution is 5.73. The van der Waals surface area contributed by atoms with E-state index in [9.17, 15) is 17.6 Å². The summed E-state index contributed by atoms with van der Waals surface area (Å²) in [6.45, 7) is 3.72. The van der Waals surface area contributed by atoms with E-state index in [-0.39, 0.29) is 11.3 Å². The van der Waals surface area contributed by atoms with Gasteiger partial charge in [0.2, 0.25) is 5.88 Å². The molecule has 0 aromatic carbocycles. The van der Waals surface area contributed by atoms with Crippen LogP contribution in [0.3, 0.4) is 0 Å². The van der Waals surface area contributed by atoms with Crippen LogP contribution in [0.1, 0.15) is 0 Å². The van der Waals surface area contributed by atoms with Crippen molar-refractivity contribution in [3.63, 3.8) is 0 Å². The van der Waals surface area contributed by atoms with Gasteiger partial charge in [-0.15, -0.1) is 0 Å². The maximum absolute atomic E-state index is 13.4. The molecule has 2 saturated heterocycles. The fraction of sp³-hybridized carbons (Fsp3) is 0.571. The summed E-state index contributed by atoms with van der Waals surface area (Å²) in [4.78, 5) is 12.8. The van der Waals surface area contributed by atoms with E-state index in [0.29, 0.717) is 19.1 Å². The molecular formula is C14H16F4N2O4. The van der Waals surface area contributed by atoms with Gasteiger partial charge in [-0.05, 0) is 12.1 Å². The van der Waals surface area contributed by atoms with Gasteiger partial charge in [-0.1, -0.05) is 0 Å². The molecule has 0 radical (unpaired) electrons. The highest BCUT2D eigenvalue weighted by Crippen LogP contribution is 2.37. The van der Waals surface area contributed by atoms with E-state index >= 15 is 0 Å². The van der Waals surface area contributed by atoms with Crippen LogP contribution in [0.2, 0.25) is 0 Å². The van der Waals surface area contributed by atoms with E-state index in [1.165, 1.54) is 12.3 Å². The summed E-state index contributed by atoms with van der Waals surface area (Å²) in [7, 11) is 0. The van der Waals surface area contributed by atoms with Crippen molar-refractivity contribution in [3.05, 3.63) is 24.1 Å². The Morgan fingerprint density at radius 2 is 2.25 bits per heavy atom. The number of nitrogens with one attached hydrogen (secondary N) is 1. The highest BCUT2D eigenvalue weighted by atomic mass is 19.4. The lowest BCUT2D eigenvalue weighted by atomic mass is 9.82. The predicted octanol–water partition coefficient (Wildman–Crippen LogP) is 1.47. The molecule has 2 aliphatic rings. The molecule has 24 heavy (non-hydrogen) atoms. The Kier molecular flexibility index (Phi) is 5.60. The fourth-order valence-corrected chi connectivity index (χ4v) is 2.57. The first kappa shape index (κ1) is 18.4. The van der Waals surface area contributed by atoms with Crippen LogP contribution in [0.15, 0.2) is 18.3 Å². The van der Waals surface area contributed by atoms with Crippen molar-refractivity contribution in [1.82, 2.24) is 10.3 Å². The summed E-state index contributed by atoms with van der Waals surface area (Å²) in [5, 5.41) is 10.5. The molecule has 6 nitrogen and oxygen atoms in total. The number of carboxylic acid groups (broad SMARTS) is 1. The number of nitrogens with zero attached hydrogens (tertiary/aromatic N) is 1. The lowest BCUT2D eigenvalue weighted by Gasteiger charge is -2.25. The number of ether oxygens (including phenoxy) is 2. The molecule has 10 heteroatoms. The van der Waals surface area contributed by atoms with Gasteiger partial charge in [0.1, 0.15) is 0 Å². The average Bonchev–Trinajstić information content (AvgIpc) is 3.06. The van der Waals surface area contributed by atoms with Gasteiger partial charge in [-0.2, -0.15) is 13.2 Å². The zero-order valence-corrected chi connectivity index (χ0v) is 12.5. The van der Waals surface area contributed by atoms with Crippen molar-refractivity contribution >= 4 is 5.97 Å². The van der Waals surface area contributed by atoms with Gasteiger partial charge in [0, 0.05) is 30.6 Å². The van der Waals surface area contributed by atoms with Crippen LogP contribution >= 0.6 is 0 Å². The molecule has 0 unspecified atom stereocenters. The molecule has 1 aromatic rings. The second-order valence-corrected chi connectivity index (χ2v) is 5.59. The maximum atomic E-state index is 13.4. The predicted molar refractivity (Wildman–Crippen MR) is 73.0 cm³/mol. The molecule has 0 spiro atoms. The van der Waals surface area contributed by atoms with Gasteiger partial charge >= 0.3 is 12.1 Å². The summed E-state index contributed by atoms with van der Waals surface area (Å²) in [6, 6.07) is 2.91. The molecule has 2 atom stereocenters. The lowest BCUT2D eigenvalue weighted by molar-refractivity contribution is -0.192. The lowest BCUT2D eigenvalue weighted by Crippen LogP contribution is -2.36. The van der Waals surface area contributed by atoms with E-state index in [4.69, 9.17) is 19.4 Å². The number of alkyl halides is 3. The number of rotatable bonds is 3. The van der Waals surface area contributed by atoms with Crippen molar-refractivity contribution in [2.75, 3.05) is 32.9 Å². The van der Waals surface area contributed by atoms with E-state index in [2.05, 4.69) is 10.3 Å². The van der Waals surface area contributed by atoms with Crippen molar-refractivity contribution in [2.24, 2.45) is 11.3 Å². The van der Waals surface area contributed by atoms with E-state index in [0.717, 1.165) is 19.7 Å². The van der Waals surface area contributed by atoms with Crippen LogP contribution in [0, 0.1) is 17.2 Å². The Balaban J connectivity index is 0.000000256. The SMILES string of the molecule is Fc1cccnc1OC[C@@]12CNC[C@@H]1COC2.O=C(O)C(F)(F)F. The number of carbonyl (C=O) groups is 1. The molecule has 0 bridgehead atoms. The van der Waals surface area contributed by atoms with Gasteiger partial charge < -0.3 is 19.9 Å². The van der Waals surface area contributed by atoms with Gasteiger partial charge in [0.15, 0.2) is 5.82 Å². The van der Waals surface area contributed by atoms with Crippen molar-refractivity contribution in [1.29, 1.82) is 0 Å². The normalized spacial score (nSPS) is 25.6. The van der Waals surface area contributed by atoms with Crippen LogP contribution in [0.5, 0.6) is 5.88 Å². The largest absolute Gasteiger partial charge is 0.490 e. The minimum absolute atomic E-state index is 0.00996. The zero-order valence-electron chi connectivity index (χ0n) is 12.5. The van der Waals surface area contributed by atoms with Crippen LogP contribution in [0.4, 0.5) is 17.6 Å². The summed E-state index contributed by atoms with van der Waals surface area (Å²) in [5.74, 6) is -2.62. The van der Waals surface area contributed by atoms with E-state index in [1.54, 1.807) is 6.07 Å². The minimum Gasteiger partial charge on any atom is -0.475 e. The molecule has 0 amide bonds. The maximum Gasteiger partial charge on any atom is 0.490 e. The standard InChI is InChI=1S/C12H15FN2O2.C2HF3O2/c13-10-2-1-3-15-11(10)17-8-12-6-14-4-9(12)5-16-7-12;3-2(4,5)1(6)7/h1-3,9,14H,4-8H2;(H,6,7)/t9-,12+;/m1./s1. The molecular weight excluding hydrogens is 336 g/mol. The molecule has 2 N–H and O–H groups in total. The quantitative estimate of drug-likeness (QED) is 0.802. The van der Waals surface area contributed by atoms with Gasteiger partial charge in [-0.25, -0.2) is 14.2 Å². The molecule has 0 saturated carbocycles. The van der Waals surface area contributed by atoms with E-state index in [1.807, 2.05) is 0 Å². The number of carboxylic acids is 1. The molecule has 2 aliphatic heterocycles. The Morgan fingerprint density at radius 1 is 1.54 bits per heavy atom. The fourth-order valence-electron chi connectivity index (χ4n) is 2.57. The first-order valence-corrected chi connectivity index (χ1v) is 7.06. The van der Waals surface area contributed by atoms with Crippen LogP contribution in [-0.4, -0.2) is 55.1 Å². The number of aromatic nitrogens is 1. The highest BCUT2D eigenvalue weighted by Gasteiger charge is 2.48. The zero-order chi connectivity index (χ0) is 17.8. The van der Waals surface area contributed by atoms with Crippen LogP contribution < -0.4 is 10.1 Å². The van der Waals surface area contributed by atoms with E-state index < -0.39 is 18.0 Å². The summed E-state index contributed by atoms with van der Waals surface area (Å²) in [5.41, 5.74) is -0.00996. The van der Waals surface area contributed by atoms with Crippen molar-refractivity contribution < 1.29 is 36.9 Å². The molecule has 3 rings (SSSR count). The number of hydrogen-bond acceptors (Lipinski definition) is 5. The van der Waals surface area contributed by atoms with Gasteiger partial charge in [0.25, 0.3) is 0 Å². The van der Waals surface area contributed by atoms with Crippen LogP contribution in [-0.2, 0) is 9.53 Å². The van der Waals surface area contributed by atoms with Gasteiger partial charge in [0.05, 0.1) is 19.8 Å². The van der Waals surface area contributed by atoms with Gasteiger partial charge in [-0.3, -0.25) is 0 Å². The summed E-state index contributed by atoms with van der Waals surface area (Å²) in [6.07, 6.45) is -3.55. The number of fused-ring (bicyclic) bond motifs is 1. The average molecular weight is 352 g/mol. The molecule has 0 aliphatic carbocycles. The van der Waals surface area contributed by atoms with Crippen molar-refractivity contribution in [2.45, 2.75) is 6.18 Å². The third-order valence-corrected chi connectivity index (χ3v) is 3.91. The minimum atomic E-state index is -5.08. The number of halogens is 4. The number of aliphatic carboxylic acids is 1. The van der Waals surface area contributed by atoms with Crippen molar-refractivity contribution in [3.8, 4) is 5.88 Å². The Bertz CT molecular complexity index is 572. The number of pyridine rings is 1. The molecule has 3 heterocycles. The Labute approximate surface area is 134 Å². The third-order valence-electron chi connectivity index (χ3n) is 3.91. The summed E-state index contributed by atoms with van der Waals surface area (Å²) >= 11 is 0. The Morgan fingerprint density at radius 3 is 2.88 bits per heavy atom. The van der Waals surface area contributed by atoms with Crippen LogP contribution in [0.25, 0.3) is 0 Å². The monoisotopic (exact) mass is 352 g/mol. The molecule has 2 fully saturated rings. The molecule has 134 valence electrons. The Hall–Kier alpha value is -1.94. The first-order valence-electron chi connectivity index (χ1n) is 7.06. The smallest absolute Gasteiger partial charge is 0.475 e. The molecule has 1 aromatic heterocycles. The second kappa shape index (κ2) is 7.31. The summed E-state index contributed by atoms with van der Waals surface area (Å²) < 4.78 is 56.1.